The van der Waals surface area contributed by atoms with Crippen LogP contribution < -0.4 is 10.5 Å². The van der Waals surface area contributed by atoms with Crippen LogP contribution >= 0.6 is 0 Å². The van der Waals surface area contributed by atoms with Crippen LogP contribution in [0.1, 0.15) is 37.8 Å². The van der Waals surface area contributed by atoms with Gasteiger partial charge in [0.25, 0.3) is 0 Å². The molecule has 2 rings (SSSR count). The van der Waals surface area contributed by atoms with Gasteiger partial charge in [-0.2, -0.15) is 0 Å². The lowest BCUT2D eigenvalue weighted by Crippen LogP contribution is -2.16. The zero-order valence-electron chi connectivity index (χ0n) is 11.1. The third-order valence-corrected chi connectivity index (χ3v) is 3.65. The summed E-state index contributed by atoms with van der Waals surface area (Å²) < 4.78 is 5.14. The molecule has 1 aromatic rings. The fraction of sp³-hybridized carbons (Fsp3) is 0.533. The van der Waals surface area contributed by atoms with Gasteiger partial charge in [-0.1, -0.05) is 30.9 Å². The molecule has 3 nitrogen and oxygen atoms in total. The number of aromatic nitrogens is 1. The van der Waals surface area contributed by atoms with E-state index < -0.39 is 0 Å². The first-order valence-corrected chi connectivity index (χ1v) is 6.75. The number of nitrogens with two attached hydrogens (primary N) is 1. The molecule has 1 aromatic heterocycles. The molecule has 3 heteroatoms. The van der Waals surface area contributed by atoms with Crippen LogP contribution in [0.4, 0.5) is 0 Å². The van der Waals surface area contributed by atoms with Crippen molar-refractivity contribution in [1.29, 1.82) is 0 Å². The van der Waals surface area contributed by atoms with E-state index in [1.54, 1.807) is 7.11 Å². The van der Waals surface area contributed by atoms with Crippen LogP contribution in [-0.2, 0) is 0 Å². The Morgan fingerprint density at radius 1 is 1.39 bits per heavy atom. The summed E-state index contributed by atoms with van der Waals surface area (Å²) in [6, 6.07) is 5.83. The van der Waals surface area contributed by atoms with E-state index in [1.165, 1.54) is 37.7 Å². The lowest BCUT2D eigenvalue weighted by Gasteiger charge is -2.23. The van der Waals surface area contributed by atoms with E-state index in [1.807, 2.05) is 18.2 Å². The van der Waals surface area contributed by atoms with Crippen LogP contribution in [-0.4, -0.2) is 18.6 Å². The van der Waals surface area contributed by atoms with Crippen molar-refractivity contribution < 1.29 is 4.74 Å². The Kier molecular flexibility index (Phi) is 4.76. The molecule has 0 radical (unpaired) electrons. The second-order valence-electron chi connectivity index (χ2n) is 4.86. The predicted molar refractivity (Wildman–Crippen MR) is 74.4 cm³/mol. The van der Waals surface area contributed by atoms with Crippen molar-refractivity contribution in [3.05, 3.63) is 29.5 Å². The molecule has 1 saturated carbocycles. The first-order chi connectivity index (χ1) is 8.83. The molecule has 0 atom stereocenters. The Hall–Kier alpha value is -1.35. The third kappa shape index (κ3) is 3.33. The summed E-state index contributed by atoms with van der Waals surface area (Å²) >= 11 is 0. The highest BCUT2D eigenvalue weighted by Gasteiger charge is 2.16. The van der Waals surface area contributed by atoms with Crippen molar-refractivity contribution in [2.24, 2.45) is 11.7 Å². The molecule has 0 spiro atoms. The zero-order chi connectivity index (χ0) is 12.8. The van der Waals surface area contributed by atoms with Gasteiger partial charge in [-0.15, -0.1) is 0 Å². The maximum Gasteiger partial charge on any atom is 0.213 e. The lowest BCUT2D eigenvalue weighted by molar-refractivity contribution is 0.397. The van der Waals surface area contributed by atoms with Crippen LogP contribution in [0.25, 0.3) is 6.08 Å². The van der Waals surface area contributed by atoms with Crippen molar-refractivity contribution >= 4 is 6.08 Å². The van der Waals surface area contributed by atoms with Crippen LogP contribution in [0.3, 0.4) is 0 Å². The van der Waals surface area contributed by atoms with Gasteiger partial charge in [0.1, 0.15) is 0 Å². The van der Waals surface area contributed by atoms with Gasteiger partial charge in [-0.05, 0) is 30.9 Å². The Morgan fingerprint density at radius 3 is 2.83 bits per heavy atom. The molecular weight excluding hydrogens is 224 g/mol. The van der Waals surface area contributed by atoms with Gasteiger partial charge in [-0.25, -0.2) is 4.98 Å². The summed E-state index contributed by atoms with van der Waals surface area (Å²) in [5.74, 6) is 1.31. The van der Waals surface area contributed by atoms with E-state index >= 15 is 0 Å². The monoisotopic (exact) mass is 246 g/mol. The van der Waals surface area contributed by atoms with E-state index in [4.69, 9.17) is 10.5 Å². The van der Waals surface area contributed by atoms with Crippen molar-refractivity contribution in [3.8, 4) is 5.88 Å². The highest BCUT2D eigenvalue weighted by Crippen LogP contribution is 2.30. The Morgan fingerprint density at radius 2 is 2.17 bits per heavy atom. The first kappa shape index (κ1) is 13.1. The van der Waals surface area contributed by atoms with Crippen molar-refractivity contribution in [2.45, 2.75) is 32.1 Å². The molecule has 0 saturated heterocycles. The minimum Gasteiger partial charge on any atom is -0.481 e. The lowest BCUT2D eigenvalue weighted by atomic mass is 9.83. The normalized spacial score (nSPS) is 17.8. The molecule has 98 valence electrons. The largest absolute Gasteiger partial charge is 0.481 e. The maximum absolute atomic E-state index is 5.89. The number of rotatable bonds is 4. The van der Waals surface area contributed by atoms with Gasteiger partial charge < -0.3 is 10.5 Å². The fourth-order valence-electron chi connectivity index (χ4n) is 2.63. The average Bonchev–Trinajstić information content (AvgIpc) is 2.46. The summed E-state index contributed by atoms with van der Waals surface area (Å²) in [6.07, 6.45) is 8.70. The molecule has 18 heavy (non-hydrogen) atoms. The summed E-state index contributed by atoms with van der Waals surface area (Å²) in [6.45, 7) is 0.629. The van der Waals surface area contributed by atoms with E-state index in [-0.39, 0.29) is 0 Å². The van der Waals surface area contributed by atoms with E-state index in [0.29, 0.717) is 18.3 Å². The van der Waals surface area contributed by atoms with Crippen LogP contribution in [0.15, 0.2) is 23.8 Å². The van der Waals surface area contributed by atoms with Crippen molar-refractivity contribution in [2.75, 3.05) is 13.7 Å². The Balaban J connectivity index is 2.16. The number of ether oxygens (including phenoxy) is 1. The molecule has 0 bridgehead atoms. The van der Waals surface area contributed by atoms with E-state index in [9.17, 15) is 0 Å². The molecule has 0 aliphatic heterocycles. The fourth-order valence-corrected chi connectivity index (χ4v) is 2.63. The SMILES string of the molecule is COc1cccc(/C=C(/CN)C2CCCCC2)n1. The minimum atomic E-state index is 0.629. The van der Waals surface area contributed by atoms with Crippen molar-refractivity contribution in [3.63, 3.8) is 0 Å². The quantitative estimate of drug-likeness (QED) is 0.888. The highest BCUT2D eigenvalue weighted by atomic mass is 16.5. The van der Waals surface area contributed by atoms with Gasteiger partial charge in [-0.3, -0.25) is 0 Å². The third-order valence-electron chi connectivity index (χ3n) is 3.65. The van der Waals surface area contributed by atoms with Gasteiger partial charge in [0.05, 0.1) is 12.8 Å². The molecule has 0 aromatic carbocycles. The molecule has 0 unspecified atom stereocenters. The second kappa shape index (κ2) is 6.55. The number of pyridine rings is 1. The number of methoxy groups -OCH3 is 1. The van der Waals surface area contributed by atoms with Gasteiger partial charge in [0, 0.05) is 12.6 Å². The Bertz CT molecular complexity index is 409. The number of hydrogen-bond donors (Lipinski definition) is 1. The maximum atomic E-state index is 5.89. The number of nitrogens with zero attached hydrogens (tertiary/aromatic N) is 1. The highest BCUT2D eigenvalue weighted by molar-refractivity contribution is 5.50. The predicted octanol–water partition coefficient (Wildman–Crippen LogP) is 3.01. The van der Waals surface area contributed by atoms with Crippen LogP contribution in [0.2, 0.25) is 0 Å². The van der Waals surface area contributed by atoms with Gasteiger partial charge in [0.15, 0.2) is 0 Å². The first-order valence-electron chi connectivity index (χ1n) is 6.75. The molecule has 1 fully saturated rings. The summed E-state index contributed by atoms with van der Waals surface area (Å²) in [5.41, 5.74) is 8.17. The summed E-state index contributed by atoms with van der Waals surface area (Å²) in [5, 5.41) is 0. The number of hydrogen-bond acceptors (Lipinski definition) is 3. The van der Waals surface area contributed by atoms with Crippen molar-refractivity contribution in [1.82, 2.24) is 4.98 Å². The summed E-state index contributed by atoms with van der Waals surface area (Å²) in [4.78, 5) is 4.42. The molecule has 1 aliphatic carbocycles. The molecule has 0 amide bonds. The summed E-state index contributed by atoms with van der Waals surface area (Å²) in [7, 11) is 1.64. The molecule has 1 aliphatic rings. The van der Waals surface area contributed by atoms with E-state index in [2.05, 4.69) is 11.1 Å². The van der Waals surface area contributed by atoms with Crippen LogP contribution in [0.5, 0.6) is 5.88 Å². The topological polar surface area (TPSA) is 48.1 Å². The second-order valence-corrected chi connectivity index (χ2v) is 4.86. The average molecular weight is 246 g/mol. The molecular formula is C15H22N2O. The molecule has 2 N–H and O–H groups in total. The molecule has 1 heterocycles. The minimum absolute atomic E-state index is 0.629. The Labute approximate surface area is 109 Å². The van der Waals surface area contributed by atoms with Crippen LogP contribution in [0, 0.1) is 5.92 Å². The standard InChI is InChI=1S/C15H22N2O/c1-18-15-9-5-8-14(17-15)10-13(11-16)12-6-3-2-4-7-12/h5,8-10,12H,2-4,6-7,11,16H2,1H3/b13-10-. The van der Waals surface area contributed by atoms with Gasteiger partial charge >= 0.3 is 0 Å². The zero-order valence-corrected chi connectivity index (χ0v) is 11.1. The van der Waals surface area contributed by atoms with Gasteiger partial charge in [0.2, 0.25) is 5.88 Å². The smallest absolute Gasteiger partial charge is 0.213 e. The van der Waals surface area contributed by atoms with E-state index in [0.717, 1.165) is 5.69 Å².